The molecule has 1 atom stereocenters. The van der Waals surface area contributed by atoms with E-state index in [1.54, 1.807) is 24.3 Å². The molecule has 0 fully saturated rings. The summed E-state index contributed by atoms with van der Waals surface area (Å²) in [4.78, 5) is 0. The van der Waals surface area contributed by atoms with Gasteiger partial charge in [0.15, 0.2) is 0 Å². The third-order valence-corrected chi connectivity index (χ3v) is 5.19. The quantitative estimate of drug-likeness (QED) is 0.458. The zero-order valence-corrected chi connectivity index (χ0v) is 16.3. The predicted octanol–water partition coefficient (Wildman–Crippen LogP) is 6.77. The molecular weight excluding hydrogens is 418 g/mol. The third kappa shape index (κ3) is 4.44. The van der Waals surface area contributed by atoms with E-state index in [4.69, 9.17) is 11.6 Å². The average Bonchev–Trinajstić information content (AvgIpc) is 3.17. The Bertz CT molecular complexity index is 1060. The van der Waals surface area contributed by atoms with Crippen LogP contribution in [0.2, 0.25) is 5.02 Å². The molecular formula is C23H16ClF4NO. The summed E-state index contributed by atoms with van der Waals surface area (Å²) >= 11 is 6.15. The van der Waals surface area contributed by atoms with Crippen molar-refractivity contribution >= 4 is 17.3 Å². The fraction of sp³-hybridized carbons (Fsp3) is 0.130. The second kappa shape index (κ2) is 8.03. The van der Waals surface area contributed by atoms with Crippen LogP contribution in [-0.4, -0.2) is 12.9 Å². The fourth-order valence-electron chi connectivity index (χ4n) is 3.45. The number of hydrogen-bond acceptors (Lipinski definition) is 2. The molecule has 30 heavy (non-hydrogen) atoms. The SMILES string of the molecule is Fc1cccc(Cl)c1C1=CC(c2ccc(-c3ccc(OC(F)(F)F)cc3)cc2)CN1. The van der Waals surface area contributed by atoms with Gasteiger partial charge in [-0.2, -0.15) is 0 Å². The van der Waals surface area contributed by atoms with Crippen molar-refractivity contribution in [2.75, 3.05) is 6.54 Å². The molecule has 0 amide bonds. The van der Waals surface area contributed by atoms with Crippen molar-refractivity contribution in [3.05, 3.63) is 94.8 Å². The van der Waals surface area contributed by atoms with Crippen molar-refractivity contribution in [1.29, 1.82) is 0 Å². The molecule has 1 aliphatic heterocycles. The van der Waals surface area contributed by atoms with Gasteiger partial charge in [-0.05, 0) is 41.0 Å². The fourth-order valence-corrected chi connectivity index (χ4v) is 3.72. The molecule has 0 saturated heterocycles. The Hall–Kier alpha value is -2.99. The lowest BCUT2D eigenvalue weighted by Crippen LogP contribution is -2.16. The number of rotatable bonds is 4. The Morgan fingerprint density at radius 2 is 1.53 bits per heavy atom. The van der Waals surface area contributed by atoms with Crippen LogP contribution in [0.15, 0.2) is 72.8 Å². The largest absolute Gasteiger partial charge is 0.573 e. The summed E-state index contributed by atoms with van der Waals surface area (Å²) in [5.41, 5.74) is 3.69. The van der Waals surface area contributed by atoms with Gasteiger partial charge in [-0.3, -0.25) is 0 Å². The zero-order chi connectivity index (χ0) is 21.3. The molecule has 0 spiro atoms. The van der Waals surface area contributed by atoms with Gasteiger partial charge < -0.3 is 10.1 Å². The summed E-state index contributed by atoms with van der Waals surface area (Å²) in [6, 6.07) is 18.0. The maximum absolute atomic E-state index is 14.2. The van der Waals surface area contributed by atoms with Gasteiger partial charge in [0.05, 0.1) is 10.6 Å². The van der Waals surface area contributed by atoms with Crippen LogP contribution >= 0.6 is 11.6 Å². The second-order valence-electron chi connectivity index (χ2n) is 6.86. The Morgan fingerprint density at radius 1 is 0.900 bits per heavy atom. The summed E-state index contributed by atoms with van der Waals surface area (Å²) < 4.78 is 54.9. The number of halogens is 5. The number of hydrogen-bond donors (Lipinski definition) is 1. The van der Waals surface area contributed by atoms with Gasteiger partial charge in [-0.25, -0.2) is 4.39 Å². The van der Waals surface area contributed by atoms with E-state index in [2.05, 4.69) is 10.1 Å². The zero-order valence-electron chi connectivity index (χ0n) is 15.5. The van der Waals surface area contributed by atoms with Gasteiger partial charge in [-0.15, -0.1) is 13.2 Å². The Kier molecular flexibility index (Phi) is 5.43. The van der Waals surface area contributed by atoms with Crippen LogP contribution in [0.1, 0.15) is 17.0 Å². The van der Waals surface area contributed by atoms with Gasteiger partial charge >= 0.3 is 6.36 Å². The van der Waals surface area contributed by atoms with Gasteiger partial charge in [0.2, 0.25) is 0 Å². The normalized spacial score (nSPS) is 16.2. The minimum absolute atomic E-state index is 0.0484. The molecule has 1 aliphatic rings. The van der Waals surface area contributed by atoms with Gasteiger partial charge in [0, 0.05) is 18.2 Å². The van der Waals surface area contributed by atoms with E-state index in [1.807, 2.05) is 30.3 Å². The van der Waals surface area contributed by atoms with Crippen LogP contribution in [0.5, 0.6) is 5.75 Å². The minimum Gasteiger partial charge on any atom is -0.406 e. The molecule has 2 nitrogen and oxygen atoms in total. The van der Waals surface area contributed by atoms with Crippen molar-refractivity contribution in [2.45, 2.75) is 12.3 Å². The maximum Gasteiger partial charge on any atom is 0.573 e. The lowest BCUT2D eigenvalue weighted by molar-refractivity contribution is -0.274. The highest BCUT2D eigenvalue weighted by molar-refractivity contribution is 6.32. The van der Waals surface area contributed by atoms with Crippen molar-refractivity contribution in [1.82, 2.24) is 5.32 Å². The second-order valence-corrected chi connectivity index (χ2v) is 7.27. The summed E-state index contributed by atoms with van der Waals surface area (Å²) in [6.07, 6.45) is -2.76. The first-order valence-electron chi connectivity index (χ1n) is 9.16. The monoisotopic (exact) mass is 433 g/mol. The standard InChI is InChI=1S/C23H16ClF4NO/c24-19-2-1-3-20(25)22(19)21-12-17(13-29-21)16-6-4-14(5-7-16)15-8-10-18(11-9-15)30-23(26,27)28/h1-12,17,29H,13H2. The average molecular weight is 434 g/mol. The molecule has 1 unspecified atom stereocenters. The molecule has 1 N–H and O–H groups in total. The van der Waals surface area contributed by atoms with Crippen molar-refractivity contribution in [2.24, 2.45) is 0 Å². The lowest BCUT2D eigenvalue weighted by Gasteiger charge is -2.11. The van der Waals surface area contributed by atoms with Gasteiger partial charge in [0.1, 0.15) is 11.6 Å². The topological polar surface area (TPSA) is 21.3 Å². The lowest BCUT2D eigenvalue weighted by atomic mass is 9.96. The molecule has 0 radical (unpaired) electrons. The molecule has 3 aromatic carbocycles. The number of benzene rings is 3. The van der Waals surface area contributed by atoms with Crippen LogP contribution in [0.4, 0.5) is 17.6 Å². The van der Waals surface area contributed by atoms with E-state index in [0.717, 1.165) is 16.7 Å². The van der Waals surface area contributed by atoms with Crippen molar-refractivity contribution in [3.63, 3.8) is 0 Å². The van der Waals surface area contributed by atoms with Crippen LogP contribution in [0.25, 0.3) is 16.8 Å². The van der Waals surface area contributed by atoms with Crippen LogP contribution < -0.4 is 10.1 Å². The van der Waals surface area contributed by atoms with Crippen LogP contribution in [-0.2, 0) is 0 Å². The third-order valence-electron chi connectivity index (χ3n) is 4.87. The van der Waals surface area contributed by atoms with Crippen molar-refractivity contribution in [3.8, 4) is 16.9 Å². The Labute approximate surface area is 175 Å². The summed E-state index contributed by atoms with van der Waals surface area (Å²) in [5, 5.41) is 3.55. The van der Waals surface area contributed by atoms with E-state index in [9.17, 15) is 17.6 Å². The highest BCUT2D eigenvalue weighted by Crippen LogP contribution is 2.33. The summed E-state index contributed by atoms with van der Waals surface area (Å²) in [7, 11) is 0. The minimum atomic E-state index is -4.71. The van der Waals surface area contributed by atoms with E-state index < -0.39 is 6.36 Å². The summed E-state index contributed by atoms with van der Waals surface area (Å²) in [6.45, 7) is 0.614. The molecule has 1 heterocycles. The first-order valence-corrected chi connectivity index (χ1v) is 9.54. The molecule has 4 rings (SSSR count). The van der Waals surface area contributed by atoms with Gasteiger partial charge in [-0.1, -0.05) is 60.1 Å². The Balaban J connectivity index is 1.51. The first kappa shape index (κ1) is 20.3. The number of ether oxygens (including phenoxy) is 1. The molecule has 0 bridgehead atoms. The molecule has 0 aromatic heterocycles. The molecule has 7 heteroatoms. The smallest absolute Gasteiger partial charge is 0.406 e. The Morgan fingerprint density at radius 3 is 2.13 bits per heavy atom. The van der Waals surface area contributed by atoms with E-state index >= 15 is 0 Å². The van der Waals surface area contributed by atoms with Crippen LogP contribution in [0.3, 0.4) is 0 Å². The predicted molar refractivity (Wildman–Crippen MR) is 109 cm³/mol. The highest BCUT2D eigenvalue weighted by atomic mass is 35.5. The molecule has 0 aliphatic carbocycles. The van der Waals surface area contributed by atoms with E-state index in [0.29, 0.717) is 22.8 Å². The maximum atomic E-state index is 14.2. The molecule has 154 valence electrons. The number of alkyl halides is 3. The van der Waals surface area contributed by atoms with E-state index in [-0.39, 0.29) is 17.5 Å². The number of nitrogens with one attached hydrogen (secondary N) is 1. The highest BCUT2D eigenvalue weighted by Gasteiger charge is 2.31. The van der Waals surface area contributed by atoms with Crippen LogP contribution in [0, 0.1) is 5.82 Å². The summed E-state index contributed by atoms with van der Waals surface area (Å²) in [5.74, 6) is -0.591. The van der Waals surface area contributed by atoms with Crippen molar-refractivity contribution < 1.29 is 22.3 Å². The molecule has 3 aromatic rings. The van der Waals surface area contributed by atoms with Gasteiger partial charge in [0.25, 0.3) is 0 Å². The first-order chi connectivity index (χ1) is 14.3. The molecule has 0 saturated carbocycles. The van der Waals surface area contributed by atoms with E-state index in [1.165, 1.54) is 18.2 Å².